The zero-order chi connectivity index (χ0) is 13.1. The van der Waals surface area contributed by atoms with Crippen LogP contribution in [0.15, 0.2) is 30.3 Å². The molecule has 0 radical (unpaired) electrons. The molecule has 1 aromatic carbocycles. The molecule has 0 N–H and O–H groups in total. The highest BCUT2D eigenvalue weighted by atomic mass is 16.6. The van der Waals surface area contributed by atoms with E-state index < -0.39 is 18.1 Å². The fraction of sp³-hybridized carbons (Fsp3) is 0.429. The van der Waals surface area contributed by atoms with Gasteiger partial charge in [0.1, 0.15) is 6.04 Å². The van der Waals surface area contributed by atoms with Gasteiger partial charge >= 0.3 is 12.1 Å². The van der Waals surface area contributed by atoms with E-state index in [0.717, 1.165) is 12.8 Å². The highest BCUT2D eigenvalue weighted by molar-refractivity contribution is 5.95. The SMILES string of the molecule is C[C@@H]1C(=O)OC(=O)N1[C@@H](C)CCc1ccccc1. The second-order valence-electron chi connectivity index (χ2n) is 4.64. The van der Waals surface area contributed by atoms with Crippen molar-refractivity contribution in [2.45, 2.75) is 38.8 Å². The standard InChI is InChI=1S/C14H17NO3/c1-10(8-9-12-6-4-3-5-7-12)15-11(2)13(16)18-14(15)17/h3-7,10-11H,8-9H2,1-2H3/t10-,11+/m0/s1. The van der Waals surface area contributed by atoms with Crippen molar-refractivity contribution in [1.82, 2.24) is 4.90 Å². The number of carbonyl (C=O) groups is 2. The molecule has 4 heteroatoms. The van der Waals surface area contributed by atoms with Crippen LogP contribution in [0.4, 0.5) is 4.79 Å². The van der Waals surface area contributed by atoms with E-state index >= 15 is 0 Å². The average molecular weight is 247 g/mol. The Labute approximate surface area is 107 Å². The van der Waals surface area contributed by atoms with Crippen LogP contribution in [0.1, 0.15) is 25.8 Å². The molecule has 1 saturated heterocycles. The molecule has 0 aliphatic carbocycles. The molecule has 1 amide bonds. The first-order valence-electron chi connectivity index (χ1n) is 6.17. The van der Waals surface area contributed by atoms with Crippen molar-refractivity contribution in [3.05, 3.63) is 35.9 Å². The number of rotatable bonds is 4. The molecular weight excluding hydrogens is 230 g/mol. The Kier molecular flexibility index (Phi) is 3.65. The minimum absolute atomic E-state index is 0.000781. The van der Waals surface area contributed by atoms with Crippen LogP contribution in [-0.2, 0) is 16.0 Å². The summed E-state index contributed by atoms with van der Waals surface area (Å²) in [6, 6.07) is 9.62. The topological polar surface area (TPSA) is 46.6 Å². The molecule has 2 rings (SSSR count). The van der Waals surface area contributed by atoms with Crippen LogP contribution in [0.5, 0.6) is 0 Å². The number of amides is 1. The van der Waals surface area contributed by atoms with E-state index in [9.17, 15) is 9.59 Å². The minimum atomic E-state index is -0.520. The molecule has 0 aromatic heterocycles. The van der Waals surface area contributed by atoms with E-state index in [-0.39, 0.29) is 6.04 Å². The third-order valence-corrected chi connectivity index (χ3v) is 3.33. The van der Waals surface area contributed by atoms with Crippen LogP contribution in [0.2, 0.25) is 0 Å². The lowest BCUT2D eigenvalue weighted by atomic mass is 10.0. The predicted molar refractivity (Wildman–Crippen MR) is 67.0 cm³/mol. The first-order valence-corrected chi connectivity index (χ1v) is 6.17. The summed E-state index contributed by atoms with van der Waals surface area (Å²) in [5, 5.41) is 0. The van der Waals surface area contributed by atoms with Gasteiger partial charge in [-0.2, -0.15) is 0 Å². The van der Waals surface area contributed by atoms with Gasteiger partial charge in [0, 0.05) is 6.04 Å². The molecule has 0 saturated carbocycles. The van der Waals surface area contributed by atoms with E-state index in [0.29, 0.717) is 0 Å². The zero-order valence-corrected chi connectivity index (χ0v) is 10.6. The van der Waals surface area contributed by atoms with Crippen molar-refractivity contribution in [3.63, 3.8) is 0 Å². The van der Waals surface area contributed by atoms with E-state index in [1.807, 2.05) is 25.1 Å². The van der Waals surface area contributed by atoms with Gasteiger partial charge in [0.15, 0.2) is 0 Å². The molecule has 1 aromatic rings. The number of esters is 1. The number of ether oxygens (including phenoxy) is 1. The minimum Gasteiger partial charge on any atom is -0.375 e. The van der Waals surface area contributed by atoms with Crippen LogP contribution in [0.3, 0.4) is 0 Å². The summed E-state index contributed by atoms with van der Waals surface area (Å²) >= 11 is 0. The summed E-state index contributed by atoms with van der Waals surface area (Å²) in [5.41, 5.74) is 1.23. The summed E-state index contributed by atoms with van der Waals surface area (Å²) < 4.78 is 4.61. The van der Waals surface area contributed by atoms with E-state index in [4.69, 9.17) is 0 Å². The molecule has 1 aliphatic rings. The maximum absolute atomic E-state index is 11.5. The second-order valence-corrected chi connectivity index (χ2v) is 4.64. The molecule has 1 aliphatic heterocycles. The lowest BCUT2D eigenvalue weighted by Gasteiger charge is -2.24. The van der Waals surface area contributed by atoms with Gasteiger partial charge < -0.3 is 4.74 Å². The molecular formula is C14H17NO3. The highest BCUT2D eigenvalue weighted by Crippen LogP contribution is 2.20. The van der Waals surface area contributed by atoms with Crippen LogP contribution in [-0.4, -0.2) is 29.0 Å². The number of aryl methyl sites for hydroxylation is 1. The molecule has 0 unspecified atom stereocenters. The Balaban J connectivity index is 1.94. The van der Waals surface area contributed by atoms with Crippen LogP contribution >= 0.6 is 0 Å². The lowest BCUT2D eigenvalue weighted by molar-refractivity contribution is -0.135. The maximum Gasteiger partial charge on any atom is 0.418 e. The first kappa shape index (κ1) is 12.6. The number of cyclic esters (lactones) is 2. The molecule has 2 atom stereocenters. The second kappa shape index (κ2) is 5.21. The Morgan fingerprint density at radius 2 is 1.94 bits per heavy atom. The average Bonchev–Trinajstić information content (AvgIpc) is 2.62. The van der Waals surface area contributed by atoms with Gasteiger partial charge in [-0.05, 0) is 32.3 Å². The van der Waals surface area contributed by atoms with Gasteiger partial charge in [0.05, 0.1) is 0 Å². The van der Waals surface area contributed by atoms with E-state index in [2.05, 4.69) is 16.9 Å². The summed E-state index contributed by atoms with van der Waals surface area (Å²) in [4.78, 5) is 24.3. The monoisotopic (exact) mass is 247 g/mol. The quantitative estimate of drug-likeness (QED) is 0.606. The van der Waals surface area contributed by atoms with Crippen molar-refractivity contribution in [2.75, 3.05) is 0 Å². The van der Waals surface area contributed by atoms with Crippen LogP contribution in [0.25, 0.3) is 0 Å². The summed E-state index contributed by atoms with van der Waals surface area (Å²) in [6.07, 6.45) is 1.18. The number of nitrogens with zero attached hydrogens (tertiary/aromatic N) is 1. The molecule has 0 spiro atoms. The number of hydrogen-bond donors (Lipinski definition) is 0. The van der Waals surface area contributed by atoms with Crippen molar-refractivity contribution in [3.8, 4) is 0 Å². The fourth-order valence-corrected chi connectivity index (χ4v) is 2.22. The van der Waals surface area contributed by atoms with Gasteiger partial charge in [0.25, 0.3) is 0 Å². The number of hydrogen-bond acceptors (Lipinski definition) is 3. The maximum atomic E-state index is 11.5. The Bertz CT molecular complexity index is 444. The third kappa shape index (κ3) is 2.53. The van der Waals surface area contributed by atoms with Crippen molar-refractivity contribution < 1.29 is 14.3 Å². The molecule has 18 heavy (non-hydrogen) atoms. The largest absolute Gasteiger partial charge is 0.418 e. The van der Waals surface area contributed by atoms with Crippen molar-refractivity contribution in [1.29, 1.82) is 0 Å². The van der Waals surface area contributed by atoms with Gasteiger partial charge in [-0.3, -0.25) is 4.90 Å². The van der Waals surface area contributed by atoms with Gasteiger partial charge in [-0.25, -0.2) is 9.59 Å². The van der Waals surface area contributed by atoms with Crippen LogP contribution < -0.4 is 0 Å². The molecule has 0 bridgehead atoms. The Morgan fingerprint density at radius 1 is 1.28 bits per heavy atom. The highest BCUT2D eigenvalue weighted by Gasteiger charge is 2.40. The molecule has 4 nitrogen and oxygen atoms in total. The normalized spacial score (nSPS) is 21.0. The number of carbonyl (C=O) groups excluding carboxylic acids is 2. The van der Waals surface area contributed by atoms with Gasteiger partial charge in [-0.15, -0.1) is 0 Å². The van der Waals surface area contributed by atoms with Gasteiger partial charge in [0.2, 0.25) is 0 Å². The summed E-state index contributed by atoms with van der Waals surface area (Å²) in [5.74, 6) is -0.452. The zero-order valence-electron chi connectivity index (χ0n) is 10.6. The summed E-state index contributed by atoms with van der Waals surface area (Å²) in [7, 11) is 0. The van der Waals surface area contributed by atoms with Gasteiger partial charge in [-0.1, -0.05) is 30.3 Å². The Hall–Kier alpha value is -1.84. The van der Waals surface area contributed by atoms with E-state index in [1.54, 1.807) is 6.92 Å². The molecule has 1 fully saturated rings. The predicted octanol–water partition coefficient (Wildman–Crippen LogP) is 2.38. The smallest absolute Gasteiger partial charge is 0.375 e. The molecule has 1 heterocycles. The third-order valence-electron chi connectivity index (χ3n) is 3.33. The number of benzene rings is 1. The first-order chi connectivity index (χ1) is 8.59. The van der Waals surface area contributed by atoms with Crippen molar-refractivity contribution in [2.24, 2.45) is 0 Å². The summed E-state index contributed by atoms with van der Waals surface area (Å²) in [6.45, 7) is 3.64. The fourth-order valence-electron chi connectivity index (χ4n) is 2.22. The van der Waals surface area contributed by atoms with Crippen molar-refractivity contribution >= 4 is 12.1 Å². The Morgan fingerprint density at radius 3 is 2.50 bits per heavy atom. The van der Waals surface area contributed by atoms with Crippen LogP contribution in [0, 0.1) is 0 Å². The molecule has 96 valence electrons. The lowest BCUT2D eigenvalue weighted by Crippen LogP contribution is -2.40. The van der Waals surface area contributed by atoms with E-state index in [1.165, 1.54) is 10.5 Å².